The lowest BCUT2D eigenvalue weighted by molar-refractivity contribution is -0.137. The van der Waals surface area contributed by atoms with Crippen LogP contribution in [0, 0.1) is 11.6 Å². The first-order chi connectivity index (χ1) is 16.5. The van der Waals surface area contributed by atoms with Gasteiger partial charge in [-0.2, -0.15) is 0 Å². The Morgan fingerprint density at radius 2 is 1.62 bits per heavy atom. The molecule has 182 valence electrons. The van der Waals surface area contributed by atoms with Crippen LogP contribution in [-0.4, -0.2) is 61.6 Å². The number of nitrogens with zero attached hydrogens (tertiary/aromatic N) is 1. The molecule has 8 heteroatoms. The Kier molecular flexibility index (Phi) is 8.24. The summed E-state index contributed by atoms with van der Waals surface area (Å²) < 4.78 is 31.6. The van der Waals surface area contributed by atoms with Gasteiger partial charge in [-0.05, 0) is 74.2 Å². The highest BCUT2D eigenvalue weighted by atomic mass is 19.1. The van der Waals surface area contributed by atoms with Crippen LogP contribution < -0.4 is 10.6 Å². The topological polar surface area (TPSA) is 70.7 Å². The van der Waals surface area contributed by atoms with Crippen molar-refractivity contribution in [3.8, 4) is 0 Å². The highest BCUT2D eigenvalue weighted by Crippen LogP contribution is 2.40. The number of rotatable bonds is 10. The van der Waals surface area contributed by atoms with Crippen molar-refractivity contribution in [3.63, 3.8) is 0 Å². The summed E-state index contributed by atoms with van der Waals surface area (Å²) in [5, 5.41) is 6.38. The fourth-order valence-corrected chi connectivity index (χ4v) is 4.36. The summed E-state index contributed by atoms with van der Waals surface area (Å²) in [6.07, 6.45) is 3.20. The summed E-state index contributed by atoms with van der Waals surface area (Å²) in [5.74, 6) is -0.703. The van der Waals surface area contributed by atoms with Crippen molar-refractivity contribution in [2.45, 2.75) is 43.7 Å². The van der Waals surface area contributed by atoms with Crippen LogP contribution >= 0.6 is 0 Å². The van der Waals surface area contributed by atoms with Gasteiger partial charge in [0.25, 0.3) is 5.91 Å². The molecule has 0 aromatic heterocycles. The number of hydrogen-bond acceptors (Lipinski definition) is 4. The molecule has 4 rings (SSSR count). The summed E-state index contributed by atoms with van der Waals surface area (Å²) in [6, 6.07) is 11.7. The third-order valence-corrected chi connectivity index (χ3v) is 6.45. The van der Waals surface area contributed by atoms with Gasteiger partial charge in [0.1, 0.15) is 17.7 Å². The monoisotopic (exact) mass is 471 g/mol. The second-order valence-corrected chi connectivity index (χ2v) is 8.92. The molecule has 34 heavy (non-hydrogen) atoms. The average molecular weight is 472 g/mol. The van der Waals surface area contributed by atoms with E-state index in [4.69, 9.17) is 4.74 Å². The van der Waals surface area contributed by atoms with E-state index in [0.717, 1.165) is 31.4 Å². The number of ether oxygens (including phenoxy) is 1. The summed E-state index contributed by atoms with van der Waals surface area (Å²) in [5.41, 5.74) is 1.47. The average Bonchev–Trinajstić information content (AvgIpc) is 3.63. The first-order valence-corrected chi connectivity index (χ1v) is 11.9. The molecule has 1 aliphatic carbocycles. The summed E-state index contributed by atoms with van der Waals surface area (Å²) >= 11 is 0. The Labute approximate surface area is 198 Å². The fourth-order valence-electron chi connectivity index (χ4n) is 4.36. The minimum absolute atomic E-state index is 0.106. The van der Waals surface area contributed by atoms with Gasteiger partial charge in [0, 0.05) is 30.6 Å². The van der Waals surface area contributed by atoms with Gasteiger partial charge in [-0.1, -0.05) is 12.1 Å². The fraction of sp³-hybridized carbons (Fsp3) is 0.462. The lowest BCUT2D eigenvalue weighted by Gasteiger charge is -2.30. The lowest BCUT2D eigenvalue weighted by Crippen LogP contribution is -2.51. The van der Waals surface area contributed by atoms with Gasteiger partial charge >= 0.3 is 0 Å². The summed E-state index contributed by atoms with van der Waals surface area (Å²) in [7, 11) is 0. The molecule has 3 atom stereocenters. The zero-order chi connectivity index (χ0) is 23.9. The molecule has 2 fully saturated rings. The van der Waals surface area contributed by atoms with Gasteiger partial charge in [0.2, 0.25) is 5.91 Å². The van der Waals surface area contributed by atoms with Crippen molar-refractivity contribution in [2.24, 2.45) is 0 Å². The summed E-state index contributed by atoms with van der Waals surface area (Å²) in [4.78, 5) is 27.5. The molecule has 2 aromatic rings. The minimum Gasteiger partial charge on any atom is -0.378 e. The van der Waals surface area contributed by atoms with Crippen LogP contribution in [0.1, 0.15) is 47.5 Å². The zero-order valence-corrected chi connectivity index (χ0v) is 19.1. The standard InChI is InChI=1S/C26H31F2N3O3/c27-20-8-4-18(5-9-20)22-17-24(22)29-12-2-1-3-23(26(33)31-13-15-34-16-14-31)30-25(32)19-6-10-21(28)11-7-19/h4-11,22-24,29H,1-3,12-17H2,(H,30,32)/t22-,23+,24+/m1/s1. The smallest absolute Gasteiger partial charge is 0.251 e. The van der Waals surface area contributed by atoms with Crippen molar-refractivity contribution in [3.05, 3.63) is 71.3 Å². The van der Waals surface area contributed by atoms with E-state index in [0.29, 0.717) is 50.2 Å². The maximum atomic E-state index is 13.2. The van der Waals surface area contributed by atoms with Crippen LogP contribution in [0.3, 0.4) is 0 Å². The van der Waals surface area contributed by atoms with Crippen molar-refractivity contribution >= 4 is 11.8 Å². The van der Waals surface area contributed by atoms with Crippen molar-refractivity contribution < 1.29 is 23.1 Å². The molecular formula is C26H31F2N3O3. The maximum Gasteiger partial charge on any atom is 0.251 e. The molecule has 0 radical (unpaired) electrons. The van der Waals surface area contributed by atoms with Crippen molar-refractivity contribution in [1.82, 2.24) is 15.5 Å². The van der Waals surface area contributed by atoms with E-state index in [-0.39, 0.29) is 17.6 Å². The van der Waals surface area contributed by atoms with Gasteiger partial charge in [-0.3, -0.25) is 9.59 Å². The molecule has 2 amide bonds. The SMILES string of the molecule is O=C(N[C@@H](CCCCN[C@H]1C[C@@H]1c1ccc(F)cc1)C(=O)N1CCOCC1)c1ccc(F)cc1. The maximum absolute atomic E-state index is 13.2. The molecule has 0 unspecified atom stereocenters. The Bertz CT molecular complexity index is 962. The Morgan fingerprint density at radius 3 is 2.29 bits per heavy atom. The molecule has 1 aliphatic heterocycles. The Hall–Kier alpha value is -2.84. The number of morpholine rings is 1. The predicted molar refractivity (Wildman–Crippen MR) is 124 cm³/mol. The highest BCUT2D eigenvalue weighted by molar-refractivity contribution is 5.97. The molecule has 2 aliphatic rings. The first kappa shape index (κ1) is 24.3. The summed E-state index contributed by atoms with van der Waals surface area (Å²) in [6.45, 7) is 2.81. The normalized spacial score (nSPS) is 20.6. The molecule has 2 N–H and O–H groups in total. The Balaban J connectivity index is 1.25. The van der Waals surface area contributed by atoms with Crippen LogP contribution in [0.4, 0.5) is 8.78 Å². The van der Waals surface area contributed by atoms with Crippen LogP contribution in [0.25, 0.3) is 0 Å². The van der Waals surface area contributed by atoms with E-state index < -0.39 is 11.9 Å². The number of unbranched alkanes of at least 4 members (excludes halogenated alkanes) is 1. The van der Waals surface area contributed by atoms with Crippen LogP contribution in [0.5, 0.6) is 0 Å². The largest absolute Gasteiger partial charge is 0.378 e. The lowest BCUT2D eigenvalue weighted by atomic mass is 10.1. The molecule has 1 saturated carbocycles. The second kappa shape index (κ2) is 11.5. The molecule has 0 spiro atoms. The van der Waals surface area contributed by atoms with Crippen LogP contribution in [-0.2, 0) is 9.53 Å². The predicted octanol–water partition coefficient (Wildman–Crippen LogP) is 3.24. The van der Waals surface area contributed by atoms with E-state index in [9.17, 15) is 18.4 Å². The number of nitrogens with one attached hydrogen (secondary N) is 2. The third kappa shape index (κ3) is 6.61. The number of amides is 2. The molecule has 2 aromatic carbocycles. The number of carbonyl (C=O) groups excluding carboxylic acids is 2. The highest BCUT2D eigenvalue weighted by Gasteiger charge is 2.37. The van der Waals surface area contributed by atoms with Crippen molar-refractivity contribution in [1.29, 1.82) is 0 Å². The zero-order valence-electron chi connectivity index (χ0n) is 19.1. The van der Waals surface area contributed by atoms with E-state index in [2.05, 4.69) is 10.6 Å². The minimum atomic E-state index is -0.636. The van der Waals surface area contributed by atoms with Crippen molar-refractivity contribution in [2.75, 3.05) is 32.8 Å². The molecule has 0 bridgehead atoms. The number of benzene rings is 2. The van der Waals surface area contributed by atoms with Gasteiger partial charge in [-0.15, -0.1) is 0 Å². The van der Waals surface area contributed by atoms with E-state index >= 15 is 0 Å². The molecule has 1 heterocycles. The van der Waals surface area contributed by atoms with Crippen LogP contribution in [0.2, 0.25) is 0 Å². The van der Waals surface area contributed by atoms with Crippen LogP contribution in [0.15, 0.2) is 48.5 Å². The van der Waals surface area contributed by atoms with E-state index in [1.165, 1.54) is 36.4 Å². The molecular weight excluding hydrogens is 440 g/mol. The van der Waals surface area contributed by atoms with Gasteiger partial charge in [0.05, 0.1) is 13.2 Å². The number of hydrogen-bond donors (Lipinski definition) is 2. The Morgan fingerprint density at radius 1 is 0.971 bits per heavy atom. The first-order valence-electron chi connectivity index (χ1n) is 11.9. The number of halogens is 2. The molecule has 6 nitrogen and oxygen atoms in total. The molecule has 1 saturated heterocycles. The third-order valence-electron chi connectivity index (χ3n) is 6.45. The van der Waals surface area contributed by atoms with E-state index in [1.54, 1.807) is 4.90 Å². The van der Waals surface area contributed by atoms with Gasteiger partial charge in [-0.25, -0.2) is 8.78 Å². The number of carbonyl (C=O) groups is 2. The van der Waals surface area contributed by atoms with Gasteiger partial charge in [0.15, 0.2) is 0 Å². The van der Waals surface area contributed by atoms with E-state index in [1.807, 2.05) is 12.1 Å². The van der Waals surface area contributed by atoms with Gasteiger partial charge < -0.3 is 20.3 Å². The quantitative estimate of drug-likeness (QED) is 0.522. The second-order valence-electron chi connectivity index (χ2n) is 8.92.